The van der Waals surface area contributed by atoms with Crippen molar-refractivity contribution < 1.29 is 14.3 Å². The number of hydrogen-bond acceptors (Lipinski definition) is 3. The number of hydrogen-bond donors (Lipinski definition) is 0. The first-order valence-corrected chi connectivity index (χ1v) is 7.73. The molecule has 0 spiro atoms. The van der Waals surface area contributed by atoms with Gasteiger partial charge in [0.15, 0.2) is 5.76 Å². The summed E-state index contributed by atoms with van der Waals surface area (Å²) in [5.41, 5.74) is 3.89. The molecule has 0 atom stereocenters. The van der Waals surface area contributed by atoms with E-state index in [9.17, 15) is 4.79 Å². The van der Waals surface area contributed by atoms with Crippen molar-refractivity contribution in [1.29, 1.82) is 0 Å². The first-order chi connectivity index (χ1) is 11.7. The Morgan fingerprint density at radius 2 is 1.54 bits per heavy atom. The quantitative estimate of drug-likeness (QED) is 0.702. The molecule has 4 rings (SSSR count). The first-order valence-electron chi connectivity index (χ1n) is 7.73. The van der Waals surface area contributed by atoms with Crippen molar-refractivity contribution in [3.63, 3.8) is 0 Å². The Morgan fingerprint density at radius 1 is 0.792 bits per heavy atom. The molecule has 1 aliphatic rings. The molecule has 3 heteroatoms. The fourth-order valence-electron chi connectivity index (χ4n) is 3.26. The van der Waals surface area contributed by atoms with Crippen LogP contribution in [0.25, 0.3) is 28.0 Å². The normalized spacial score (nSPS) is 12.9. The van der Waals surface area contributed by atoms with Crippen LogP contribution in [0.3, 0.4) is 0 Å². The number of rotatable bonds is 3. The molecular formula is C21H16O3. The lowest BCUT2D eigenvalue weighted by atomic mass is 9.87. The van der Waals surface area contributed by atoms with E-state index >= 15 is 0 Å². The number of carbonyl (C=O) groups is 1. The zero-order valence-corrected chi connectivity index (χ0v) is 13.5. The Hall–Kier alpha value is -3.07. The van der Waals surface area contributed by atoms with Gasteiger partial charge in [0.1, 0.15) is 5.75 Å². The summed E-state index contributed by atoms with van der Waals surface area (Å²) < 4.78 is 10.5. The van der Waals surface area contributed by atoms with Crippen LogP contribution in [0.1, 0.15) is 15.9 Å². The van der Waals surface area contributed by atoms with Gasteiger partial charge >= 0.3 is 0 Å². The SMILES string of the molecule is COC1=Cc2cccc3c(-c4ccc(OC)cc4)ccc(c23)C1=O. The summed E-state index contributed by atoms with van der Waals surface area (Å²) in [6.07, 6.45) is 1.81. The largest absolute Gasteiger partial charge is 0.497 e. The average Bonchev–Trinajstić information content (AvgIpc) is 2.64. The first kappa shape index (κ1) is 14.5. The highest BCUT2D eigenvalue weighted by atomic mass is 16.5. The topological polar surface area (TPSA) is 35.5 Å². The van der Waals surface area contributed by atoms with E-state index in [0.717, 1.165) is 33.2 Å². The van der Waals surface area contributed by atoms with Crippen LogP contribution in [0.15, 0.2) is 60.4 Å². The standard InChI is InChI=1S/C21H16O3/c1-23-15-8-6-13(7-9-15)16-10-11-18-20-14(4-3-5-17(16)20)12-19(24-2)21(18)22/h3-12H,1-2H3. The number of allylic oxidation sites excluding steroid dienone is 1. The maximum atomic E-state index is 12.6. The van der Waals surface area contributed by atoms with Crippen molar-refractivity contribution in [2.75, 3.05) is 14.2 Å². The van der Waals surface area contributed by atoms with Gasteiger partial charge in [-0.3, -0.25) is 4.79 Å². The molecule has 0 unspecified atom stereocenters. The lowest BCUT2D eigenvalue weighted by Gasteiger charge is -2.18. The lowest BCUT2D eigenvalue weighted by molar-refractivity contribution is 0.0957. The van der Waals surface area contributed by atoms with Crippen molar-refractivity contribution in [1.82, 2.24) is 0 Å². The van der Waals surface area contributed by atoms with Crippen LogP contribution in [0.2, 0.25) is 0 Å². The minimum absolute atomic E-state index is 0.0671. The monoisotopic (exact) mass is 316 g/mol. The predicted octanol–water partition coefficient (Wildman–Crippen LogP) is 4.70. The Balaban J connectivity index is 1.98. The van der Waals surface area contributed by atoms with Crippen molar-refractivity contribution in [3.8, 4) is 16.9 Å². The molecule has 0 N–H and O–H groups in total. The third-order valence-corrected chi connectivity index (χ3v) is 4.45. The van der Waals surface area contributed by atoms with E-state index in [2.05, 4.69) is 6.07 Å². The highest BCUT2D eigenvalue weighted by Crippen LogP contribution is 2.37. The van der Waals surface area contributed by atoms with Crippen LogP contribution >= 0.6 is 0 Å². The zero-order valence-electron chi connectivity index (χ0n) is 13.5. The molecular weight excluding hydrogens is 300 g/mol. The number of ketones is 1. The molecule has 0 radical (unpaired) electrons. The Bertz CT molecular complexity index is 982. The molecule has 3 aromatic rings. The van der Waals surface area contributed by atoms with Crippen LogP contribution < -0.4 is 4.74 Å². The third-order valence-electron chi connectivity index (χ3n) is 4.45. The second-order valence-electron chi connectivity index (χ2n) is 5.70. The molecule has 3 aromatic carbocycles. The molecule has 1 aliphatic carbocycles. The van der Waals surface area contributed by atoms with Gasteiger partial charge in [0.05, 0.1) is 14.2 Å². The van der Waals surface area contributed by atoms with Crippen molar-refractivity contribution in [3.05, 3.63) is 71.5 Å². The molecule has 0 amide bonds. The number of Topliss-reactive ketones (excluding diaryl/α,β-unsaturated/α-hetero) is 1. The summed E-state index contributed by atoms with van der Waals surface area (Å²) in [4.78, 5) is 12.6. The van der Waals surface area contributed by atoms with Gasteiger partial charge in [-0.15, -0.1) is 0 Å². The van der Waals surface area contributed by atoms with E-state index in [1.165, 1.54) is 7.11 Å². The van der Waals surface area contributed by atoms with Gasteiger partial charge in [0.25, 0.3) is 0 Å². The van der Waals surface area contributed by atoms with E-state index < -0.39 is 0 Å². The van der Waals surface area contributed by atoms with Gasteiger partial charge < -0.3 is 9.47 Å². The molecule has 0 saturated carbocycles. The minimum Gasteiger partial charge on any atom is -0.497 e. The van der Waals surface area contributed by atoms with E-state index in [4.69, 9.17) is 9.47 Å². The molecule has 0 aliphatic heterocycles. The third kappa shape index (κ3) is 2.09. The summed E-state index contributed by atoms with van der Waals surface area (Å²) in [5.74, 6) is 1.14. The molecule has 118 valence electrons. The summed E-state index contributed by atoms with van der Waals surface area (Å²) >= 11 is 0. The van der Waals surface area contributed by atoms with Gasteiger partial charge in [-0.05, 0) is 46.4 Å². The summed E-state index contributed by atoms with van der Waals surface area (Å²) in [7, 11) is 3.18. The number of ether oxygens (including phenoxy) is 2. The maximum absolute atomic E-state index is 12.6. The average molecular weight is 316 g/mol. The van der Waals surface area contributed by atoms with Crippen LogP contribution in [-0.4, -0.2) is 20.0 Å². The van der Waals surface area contributed by atoms with Gasteiger partial charge in [0, 0.05) is 10.9 Å². The molecule has 0 fully saturated rings. The number of carbonyl (C=O) groups excluding carboxylic acids is 1. The van der Waals surface area contributed by atoms with E-state index in [-0.39, 0.29) is 5.78 Å². The molecule has 0 heterocycles. The molecule has 3 nitrogen and oxygen atoms in total. The zero-order chi connectivity index (χ0) is 16.7. The summed E-state index contributed by atoms with van der Waals surface area (Å²) in [6.45, 7) is 0. The van der Waals surface area contributed by atoms with Gasteiger partial charge in [-0.1, -0.05) is 36.4 Å². The smallest absolute Gasteiger partial charge is 0.228 e. The summed E-state index contributed by atoms with van der Waals surface area (Å²) in [6, 6.07) is 17.9. The number of benzene rings is 3. The Morgan fingerprint density at radius 3 is 2.25 bits per heavy atom. The van der Waals surface area contributed by atoms with Gasteiger partial charge in [0.2, 0.25) is 5.78 Å². The maximum Gasteiger partial charge on any atom is 0.228 e. The molecule has 0 bridgehead atoms. The highest BCUT2D eigenvalue weighted by Gasteiger charge is 2.23. The molecule has 24 heavy (non-hydrogen) atoms. The second-order valence-corrected chi connectivity index (χ2v) is 5.70. The van der Waals surface area contributed by atoms with E-state index in [0.29, 0.717) is 11.3 Å². The van der Waals surface area contributed by atoms with Crippen molar-refractivity contribution in [2.45, 2.75) is 0 Å². The molecule has 0 aromatic heterocycles. The Kier molecular flexibility index (Phi) is 3.35. The van der Waals surface area contributed by atoms with E-state index in [1.807, 2.05) is 54.6 Å². The van der Waals surface area contributed by atoms with Gasteiger partial charge in [-0.2, -0.15) is 0 Å². The summed E-state index contributed by atoms with van der Waals surface area (Å²) in [5, 5.41) is 2.05. The number of methoxy groups -OCH3 is 2. The fourth-order valence-corrected chi connectivity index (χ4v) is 3.26. The second kappa shape index (κ2) is 5.53. The van der Waals surface area contributed by atoms with Gasteiger partial charge in [-0.25, -0.2) is 0 Å². The lowest BCUT2D eigenvalue weighted by Crippen LogP contribution is -2.10. The van der Waals surface area contributed by atoms with E-state index in [1.54, 1.807) is 7.11 Å². The Labute approximate surface area is 140 Å². The van der Waals surface area contributed by atoms with Crippen LogP contribution in [0.4, 0.5) is 0 Å². The van der Waals surface area contributed by atoms with Crippen LogP contribution in [-0.2, 0) is 4.74 Å². The van der Waals surface area contributed by atoms with Crippen LogP contribution in [0, 0.1) is 0 Å². The predicted molar refractivity (Wildman–Crippen MR) is 95.3 cm³/mol. The fraction of sp³-hybridized carbons (Fsp3) is 0.0952. The van der Waals surface area contributed by atoms with Crippen molar-refractivity contribution in [2.24, 2.45) is 0 Å². The molecule has 0 saturated heterocycles. The van der Waals surface area contributed by atoms with Crippen molar-refractivity contribution >= 4 is 22.6 Å². The highest BCUT2D eigenvalue weighted by molar-refractivity contribution is 6.23. The minimum atomic E-state index is -0.0671. The van der Waals surface area contributed by atoms with Crippen LogP contribution in [0.5, 0.6) is 5.75 Å².